The summed E-state index contributed by atoms with van der Waals surface area (Å²) in [6, 6.07) is 0. The molecule has 64 valence electrons. The Morgan fingerprint density at radius 2 is 2.27 bits per heavy atom. The summed E-state index contributed by atoms with van der Waals surface area (Å²) in [7, 11) is -0.649. The van der Waals surface area contributed by atoms with E-state index in [0.29, 0.717) is 0 Å². The summed E-state index contributed by atoms with van der Waals surface area (Å²) in [6.07, 6.45) is 2.69. The van der Waals surface area contributed by atoms with Gasteiger partial charge >= 0.3 is 0 Å². The smallest absolute Gasteiger partial charge is 0.0576 e. The van der Waals surface area contributed by atoms with Gasteiger partial charge in [0.25, 0.3) is 0 Å². The monoisotopic (exact) mass is 173 g/mol. The van der Waals surface area contributed by atoms with Crippen molar-refractivity contribution < 1.29 is 4.21 Å². The van der Waals surface area contributed by atoms with Crippen LogP contribution in [-0.2, 0) is 10.8 Å². The Hall–Kier alpha value is -0.330. The lowest BCUT2D eigenvalue weighted by Gasteiger charge is -1.97. The number of rotatable bonds is 5. The van der Waals surface area contributed by atoms with Crippen LogP contribution in [0.4, 0.5) is 0 Å². The second kappa shape index (κ2) is 7.77. The molecule has 0 heterocycles. The van der Waals surface area contributed by atoms with Crippen molar-refractivity contribution in [3.05, 3.63) is 0 Å². The van der Waals surface area contributed by atoms with Gasteiger partial charge in [0.15, 0.2) is 0 Å². The second-order valence-electron chi connectivity index (χ2n) is 2.23. The minimum Gasteiger partial charge on any atom is -0.306 e. The third kappa shape index (κ3) is 9.67. The Bertz CT molecular complexity index is 169. The van der Waals surface area contributed by atoms with Crippen molar-refractivity contribution in [2.24, 2.45) is 0 Å². The molecule has 0 aliphatic rings. The predicted molar refractivity (Wildman–Crippen MR) is 49.9 cm³/mol. The first-order valence-corrected chi connectivity index (χ1v) is 5.40. The first-order valence-electron chi connectivity index (χ1n) is 3.67. The Balaban J connectivity index is 3.00. The molecule has 0 spiro atoms. The summed E-state index contributed by atoms with van der Waals surface area (Å²) in [4.78, 5) is 0. The largest absolute Gasteiger partial charge is 0.306 e. The van der Waals surface area contributed by atoms with E-state index in [2.05, 4.69) is 17.2 Å². The van der Waals surface area contributed by atoms with Crippen LogP contribution in [-0.4, -0.2) is 29.3 Å². The molecule has 0 aromatic rings. The average molecular weight is 173 g/mol. The SMILES string of the molecule is CC#CCNCCCS(C)=O. The van der Waals surface area contributed by atoms with E-state index >= 15 is 0 Å². The van der Waals surface area contributed by atoms with Crippen molar-refractivity contribution in [1.29, 1.82) is 0 Å². The molecule has 3 heteroatoms. The van der Waals surface area contributed by atoms with Gasteiger partial charge in [-0.15, -0.1) is 5.92 Å². The van der Waals surface area contributed by atoms with Crippen LogP contribution in [0, 0.1) is 11.8 Å². The van der Waals surface area contributed by atoms with E-state index < -0.39 is 10.8 Å². The van der Waals surface area contributed by atoms with Gasteiger partial charge in [0.2, 0.25) is 0 Å². The summed E-state index contributed by atoms with van der Waals surface area (Å²) in [5.74, 6) is 6.48. The molecule has 0 aliphatic carbocycles. The van der Waals surface area contributed by atoms with Crippen molar-refractivity contribution in [1.82, 2.24) is 5.32 Å². The van der Waals surface area contributed by atoms with E-state index in [0.717, 1.165) is 25.3 Å². The molecule has 1 N–H and O–H groups in total. The molecule has 0 radical (unpaired) electrons. The summed E-state index contributed by atoms with van der Waals surface area (Å²) >= 11 is 0. The number of nitrogens with one attached hydrogen (secondary N) is 1. The third-order valence-corrected chi connectivity index (χ3v) is 2.04. The molecule has 2 nitrogen and oxygen atoms in total. The van der Waals surface area contributed by atoms with Crippen LogP contribution in [0.2, 0.25) is 0 Å². The van der Waals surface area contributed by atoms with Gasteiger partial charge in [0.1, 0.15) is 0 Å². The molecule has 0 fully saturated rings. The summed E-state index contributed by atoms with van der Waals surface area (Å²) in [5.41, 5.74) is 0. The van der Waals surface area contributed by atoms with Crippen molar-refractivity contribution >= 4 is 10.8 Å². The first kappa shape index (κ1) is 10.7. The van der Waals surface area contributed by atoms with Crippen LogP contribution in [0.15, 0.2) is 0 Å². The van der Waals surface area contributed by atoms with Crippen LogP contribution in [0.3, 0.4) is 0 Å². The quantitative estimate of drug-likeness (QED) is 0.481. The average Bonchev–Trinajstić information content (AvgIpc) is 1.96. The minimum atomic E-state index is -0.649. The van der Waals surface area contributed by atoms with E-state index in [1.54, 1.807) is 6.26 Å². The Morgan fingerprint density at radius 1 is 1.55 bits per heavy atom. The normalized spacial score (nSPS) is 11.8. The van der Waals surface area contributed by atoms with Crippen molar-refractivity contribution in [2.75, 3.05) is 25.1 Å². The second-order valence-corrected chi connectivity index (χ2v) is 3.79. The molecular weight excluding hydrogens is 158 g/mol. The molecule has 0 bridgehead atoms. The van der Waals surface area contributed by atoms with Crippen LogP contribution in [0.5, 0.6) is 0 Å². The van der Waals surface area contributed by atoms with E-state index in [1.165, 1.54) is 0 Å². The molecule has 0 aromatic carbocycles. The molecule has 11 heavy (non-hydrogen) atoms. The topological polar surface area (TPSA) is 29.1 Å². The maximum absolute atomic E-state index is 10.6. The standard InChI is InChI=1S/C8H15NOS/c1-3-4-6-9-7-5-8-11(2)10/h9H,5-8H2,1-2H3. The molecule has 0 rings (SSSR count). The molecular formula is C8H15NOS. The number of hydrogen-bond acceptors (Lipinski definition) is 2. The maximum atomic E-state index is 10.6. The molecule has 0 aliphatic heterocycles. The van der Waals surface area contributed by atoms with Crippen LogP contribution >= 0.6 is 0 Å². The predicted octanol–water partition coefficient (Wildman–Crippen LogP) is 0.368. The van der Waals surface area contributed by atoms with Gasteiger partial charge in [-0.3, -0.25) is 4.21 Å². The van der Waals surface area contributed by atoms with Gasteiger partial charge in [-0.1, -0.05) is 5.92 Å². The highest BCUT2D eigenvalue weighted by Crippen LogP contribution is 1.80. The van der Waals surface area contributed by atoms with Gasteiger partial charge in [0, 0.05) is 22.8 Å². The van der Waals surface area contributed by atoms with Crippen LogP contribution in [0.25, 0.3) is 0 Å². The molecule has 0 saturated heterocycles. The molecule has 0 saturated carbocycles. The zero-order valence-electron chi connectivity index (χ0n) is 7.14. The van der Waals surface area contributed by atoms with Crippen LogP contribution in [0.1, 0.15) is 13.3 Å². The Morgan fingerprint density at radius 3 is 2.82 bits per heavy atom. The lowest BCUT2D eigenvalue weighted by Crippen LogP contribution is -2.17. The summed E-state index contributed by atoms with van der Waals surface area (Å²) < 4.78 is 10.6. The number of hydrogen-bond donors (Lipinski definition) is 1. The summed E-state index contributed by atoms with van der Waals surface area (Å²) in [6.45, 7) is 3.48. The fraction of sp³-hybridized carbons (Fsp3) is 0.750. The maximum Gasteiger partial charge on any atom is 0.0576 e. The molecule has 0 amide bonds. The van der Waals surface area contributed by atoms with Crippen LogP contribution < -0.4 is 5.32 Å². The fourth-order valence-electron chi connectivity index (χ4n) is 0.640. The van der Waals surface area contributed by atoms with Gasteiger partial charge in [-0.05, 0) is 19.9 Å². The Labute approximate surface area is 71.2 Å². The van der Waals surface area contributed by atoms with Gasteiger partial charge in [-0.25, -0.2) is 0 Å². The highest BCUT2D eigenvalue weighted by atomic mass is 32.2. The van der Waals surface area contributed by atoms with Gasteiger partial charge in [-0.2, -0.15) is 0 Å². The first-order chi connectivity index (χ1) is 5.27. The van der Waals surface area contributed by atoms with Crippen molar-refractivity contribution in [3.63, 3.8) is 0 Å². The van der Waals surface area contributed by atoms with E-state index in [9.17, 15) is 4.21 Å². The lowest BCUT2D eigenvalue weighted by molar-refractivity contribution is 0.678. The van der Waals surface area contributed by atoms with E-state index in [1.807, 2.05) is 6.92 Å². The van der Waals surface area contributed by atoms with E-state index in [-0.39, 0.29) is 0 Å². The van der Waals surface area contributed by atoms with E-state index in [4.69, 9.17) is 0 Å². The van der Waals surface area contributed by atoms with Gasteiger partial charge < -0.3 is 5.32 Å². The molecule has 0 aromatic heterocycles. The van der Waals surface area contributed by atoms with Gasteiger partial charge in [0.05, 0.1) is 6.54 Å². The lowest BCUT2D eigenvalue weighted by atomic mass is 10.4. The van der Waals surface area contributed by atoms with Crippen molar-refractivity contribution in [3.8, 4) is 11.8 Å². The highest BCUT2D eigenvalue weighted by molar-refractivity contribution is 7.84. The molecule has 1 atom stereocenters. The molecule has 1 unspecified atom stereocenters. The van der Waals surface area contributed by atoms with Crippen molar-refractivity contribution in [2.45, 2.75) is 13.3 Å². The minimum absolute atomic E-state index is 0.649. The third-order valence-electron chi connectivity index (χ3n) is 1.18. The zero-order valence-corrected chi connectivity index (χ0v) is 7.96. The zero-order chi connectivity index (χ0) is 8.53. The Kier molecular flexibility index (Phi) is 7.54. The summed E-state index contributed by atoms with van der Waals surface area (Å²) in [5, 5.41) is 3.13. The fourth-order valence-corrected chi connectivity index (χ4v) is 1.19. The highest BCUT2D eigenvalue weighted by Gasteiger charge is 1.89.